The summed E-state index contributed by atoms with van der Waals surface area (Å²) < 4.78 is 0. The van der Waals surface area contributed by atoms with Crippen LogP contribution in [0.4, 0.5) is 0 Å². The van der Waals surface area contributed by atoms with Gasteiger partial charge in [-0.3, -0.25) is 0 Å². The zero-order valence-electron chi connectivity index (χ0n) is 13.8. The van der Waals surface area contributed by atoms with Crippen LogP contribution in [0.2, 0.25) is 0 Å². The SMILES string of the molecule is CC(C)Cc1ccc(C(C)NC2CC(C(C)C)C2)cc1. The van der Waals surface area contributed by atoms with Crippen LogP contribution >= 0.6 is 0 Å². The Morgan fingerprint density at radius 1 is 1.00 bits per heavy atom. The van der Waals surface area contributed by atoms with Crippen LogP contribution in [0, 0.1) is 17.8 Å². The lowest BCUT2D eigenvalue weighted by atomic mass is 9.73. The van der Waals surface area contributed by atoms with Crippen LogP contribution in [0.1, 0.15) is 64.6 Å². The highest BCUT2D eigenvalue weighted by Crippen LogP contribution is 2.34. The third kappa shape index (κ3) is 4.09. The van der Waals surface area contributed by atoms with Gasteiger partial charge in [-0.05, 0) is 55.1 Å². The molecule has 0 spiro atoms. The maximum Gasteiger partial charge on any atom is 0.0294 e. The van der Waals surface area contributed by atoms with Gasteiger partial charge in [0.2, 0.25) is 0 Å². The zero-order valence-corrected chi connectivity index (χ0v) is 13.8. The Hall–Kier alpha value is -0.820. The standard InChI is InChI=1S/C19H31N/c1-13(2)10-16-6-8-17(9-7-16)15(5)20-19-11-18(12-19)14(3)4/h6-9,13-15,18-20H,10-12H2,1-5H3. The van der Waals surface area contributed by atoms with Crippen LogP contribution in [-0.4, -0.2) is 6.04 Å². The third-order valence-electron chi connectivity index (χ3n) is 4.73. The third-order valence-corrected chi connectivity index (χ3v) is 4.73. The molecule has 1 unspecified atom stereocenters. The van der Waals surface area contributed by atoms with Crippen molar-refractivity contribution >= 4 is 0 Å². The van der Waals surface area contributed by atoms with Gasteiger partial charge in [0.25, 0.3) is 0 Å². The highest BCUT2D eigenvalue weighted by atomic mass is 15.0. The van der Waals surface area contributed by atoms with Gasteiger partial charge in [0.1, 0.15) is 0 Å². The van der Waals surface area contributed by atoms with Crippen molar-refractivity contribution in [2.45, 2.75) is 66.0 Å². The van der Waals surface area contributed by atoms with E-state index in [1.807, 2.05) is 0 Å². The first-order chi connectivity index (χ1) is 9.45. The largest absolute Gasteiger partial charge is 0.307 e. The Morgan fingerprint density at radius 2 is 1.60 bits per heavy atom. The van der Waals surface area contributed by atoms with E-state index >= 15 is 0 Å². The molecule has 0 amide bonds. The second-order valence-corrected chi connectivity index (χ2v) is 7.40. The summed E-state index contributed by atoms with van der Waals surface area (Å²) in [6, 6.07) is 10.4. The molecule has 1 nitrogen and oxygen atoms in total. The molecule has 1 N–H and O–H groups in total. The number of hydrogen-bond acceptors (Lipinski definition) is 1. The van der Waals surface area contributed by atoms with Gasteiger partial charge in [-0.15, -0.1) is 0 Å². The molecule has 1 atom stereocenters. The van der Waals surface area contributed by atoms with E-state index in [1.165, 1.54) is 30.4 Å². The average molecular weight is 273 g/mol. The number of rotatable bonds is 6. The molecule has 0 aliphatic heterocycles. The summed E-state index contributed by atoms with van der Waals surface area (Å²) in [5.74, 6) is 2.52. The Morgan fingerprint density at radius 3 is 2.10 bits per heavy atom. The van der Waals surface area contributed by atoms with Crippen molar-refractivity contribution in [2.75, 3.05) is 0 Å². The predicted octanol–water partition coefficient (Wildman–Crippen LogP) is 4.97. The quantitative estimate of drug-likeness (QED) is 0.771. The van der Waals surface area contributed by atoms with Crippen LogP contribution < -0.4 is 5.32 Å². The van der Waals surface area contributed by atoms with Gasteiger partial charge in [-0.25, -0.2) is 0 Å². The zero-order chi connectivity index (χ0) is 14.7. The smallest absolute Gasteiger partial charge is 0.0294 e. The van der Waals surface area contributed by atoms with E-state index in [-0.39, 0.29) is 0 Å². The van der Waals surface area contributed by atoms with Crippen LogP contribution in [0.25, 0.3) is 0 Å². The van der Waals surface area contributed by atoms with E-state index in [1.54, 1.807) is 0 Å². The van der Waals surface area contributed by atoms with Crippen molar-refractivity contribution in [2.24, 2.45) is 17.8 Å². The molecule has 1 aliphatic carbocycles. The molecular weight excluding hydrogens is 242 g/mol. The molecule has 0 heterocycles. The maximum absolute atomic E-state index is 3.78. The molecule has 2 rings (SSSR count). The minimum absolute atomic E-state index is 0.473. The second-order valence-electron chi connectivity index (χ2n) is 7.40. The fraction of sp³-hybridized carbons (Fsp3) is 0.684. The van der Waals surface area contributed by atoms with Gasteiger partial charge < -0.3 is 5.32 Å². The minimum Gasteiger partial charge on any atom is -0.307 e. The Kier molecular flexibility index (Phi) is 5.26. The van der Waals surface area contributed by atoms with Crippen molar-refractivity contribution in [1.82, 2.24) is 5.32 Å². The number of hydrogen-bond donors (Lipinski definition) is 1. The summed E-state index contributed by atoms with van der Waals surface area (Å²) in [4.78, 5) is 0. The van der Waals surface area contributed by atoms with Gasteiger partial charge in [0, 0.05) is 12.1 Å². The second kappa shape index (κ2) is 6.76. The predicted molar refractivity (Wildman–Crippen MR) is 87.9 cm³/mol. The van der Waals surface area contributed by atoms with Crippen LogP contribution in [0.5, 0.6) is 0 Å². The normalized spacial score (nSPS) is 23.9. The van der Waals surface area contributed by atoms with Crippen LogP contribution in [0.15, 0.2) is 24.3 Å². The van der Waals surface area contributed by atoms with Crippen molar-refractivity contribution in [3.05, 3.63) is 35.4 Å². The molecule has 1 aliphatic rings. The molecule has 0 aromatic heterocycles. The summed E-state index contributed by atoms with van der Waals surface area (Å²) in [6.45, 7) is 11.5. The number of nitrogens with one attached hydrogen (secondary N) is 1. The van der Waals surface area contributed by atoms with E-state index < -0.39 is 0 Å². The fourth-order valence-electron chi connectivity index (χ4n) is 3.21. The van der Waals surface area contributed by atoms with Crippen molar-refractivity contribution in [3.63, 3.8) is 0 Å². The summed E-state index contributed by atoms with van der Waals surface area (Å²) in [6.07, 6.45) is 3.89. The van der Waals surface area contributed by atoms with Gasteiger partial charge in [-0.2, -0.15) is 0 Å². The highest BCUT2D eigenvalue weighted by Gasteiger charge is 2.31. The Balaban J connectivity index is 1.82. The van der Waals surface area contributed by atoms with E-state index in [4.69, 9.17) is 0 Å². The molecule has 1 fully saturated rings. The first-order valence-electron chi connectivity index (χ1n) is 8.30. The van der Waals surface area contributed by atoms with Gasteiger partial charge >= 0.3 is 0 Å². The molecule has 20 heavy (non-hydrogen) atoms. The molecule has 0 bridgehead atoms. The van der Waals surface area contributed by atoms with E-state index in [0.717, 1.165) is 23.8 Å². The first kappa shape index (κ1) is 15.6. The monoisotopic (exact) mass is 273 g/mol. The van der Waals surface area contributed by atoms with Gasteiger partial charge in [-0.1, -0.05) is 52.0 Å². The van der Waals surface area contributed by atoms with E-state index in [9.17, 15) is 0 Å². The van der Waals surface area contributed by atoms with E-state index in [2.05, 4.69) is 64.2 Å². The first-order valence-corrected chi connectivity index (χ1v) is 8.30. The highest BCUT2D eigenvalue weighted by molar-refractivity contribution is 5.25. The van der Waals surface area contributed by atoms with Gasteiger partial charge in [0.05, 0.1) is 0 Å². The van der Waals surface area contributed by atoms with Gasteiger partial charge in [0.15, 0.2) is 0 Å². The summed E-state index contributed by atoms with van der Waals surface area (Å²) in [7, 11) is 0. The lowest BCUT2D eigenvalue weighted by Gasteiger charge is -2.40. The maximum atomic E-state index is 3.78. The number of benzene rings is 1. The fourth-order valence-corrected chi connectivity index (χ4v) is 3.21. The lowest BCUT2D eigenvalue weighted by Crippen LogP contribution is -2.43. The minimum atomic E-state index is 0.473. The van der Waals surface area contributed by atoms with E-state index in [0.29, 0.717) is 6.04 Å². The van der Waals surface area contributed by atoms with Crippen molar-refractivity contribution in [3.8, 4) is 0 Å². The molecule has 1 aromatic carbocycles. The molecule has 112 valence electrons. The molecule has 1 heteroatoms. The van der Waals surface area contributed by atoms with Crippen LogP contribution in [-0.2, 0) is 6.42 Å². The topological polar surface area (TPSA) is 12.0 Å². The Labute approximate surface area is 125 Å². The molecule has 0 radical (unpaired) electrons. The Bertz CT molecular complexity index is 398. The average Bonchev–Trinajstić information content (AvgIpc) is 2.32. The summed E-state index contributed by atoms with van der Waals surface area (Å²) in [5.41, 5.74) is 2.88. The summed E-state index contributed by atoms with van der Waals surface area (Å²) >= 11 is 0. The van der Waals surface area contributed by atoms with Crippen molar-refractivity contribution in [1.29, 1.82) is 0 Å². The van der Waals surface area contributed by atoms with Crippen LogP contribution in [0.3, 0.4) is 0 Å². The lowest BCUT2D eigenvalue weighted by molar-refractivity contribution is 0.159. The molecular formula is C19H31N. The molecule has 1 aromatic rings. The van der Waals surface area contributed by atoms with Crippen molar-refractivity contribution < 1.29 is 0 Å². The molecule has 0 saturated heterocycles. The summed E-state index contributed by atoms with van der Waals surface area (Å²) in [5, 5.41) is 3.78. The molecule has 1 saturated carbocycles.